The molecule has 0 saturated carbocycles. The molecule has 0 rings (SSSR count). The molecule has 0 aromatic heterocycles. The molecule has 0 saturated heterocycles. The number of alkyl halides is 1. The van der Waals surface area contributed by atoms with Crippen molar-refractivity contribution in [3.05, 3.63) is 0 Å². The number of aldehydes is 1. The van der Waals surface area contributed by atoms with Crippen molar-refractivity contribution in [3.63, 3.8) is 0 Å². The van der Waals surface area contributed by atoms with Crippen LogP contribution in [0.4, 0.5) is 0 Å². The van der Waals surface area contributed by atoms with Crippen LogP contribution in [-0.2, 0) is 9.59 Å². The average molecular weight is 135 g/mol. The van der Waals surface area contributed by atoms with Crippen LogP contribution in [0.25, 0.3) is 0 Å². The van der Waals surface area contributed by atoms with Gasteiger partial charge in [-0.05, 0) is 6.92 Å². The number of rotatable bonds is 3. The maximum absolute atomic E-state index is 10.4. The number of hydrogen-bond donors (Lipinski definition) is 0. The monoisotopic (exact) mass is 134 g/mol. The van der Waals surface area contributed by atoms with Gasteiger partial charge in [-0.2, -0.15) is 0 Å². The van der Waals surface area contributed by atoms with Gasteiger partial charge in [0.1, 0.15) is 6.29 Å². The molecule has 0 aliphatic carbocycles. The van der Waals surface area contributed by atoms with Crippen molar-refractivity contribution in [1.29, 1.82) is 0 Å². The lowest BCUT2D eigenvalue weighted by Gasteiger charge is -1.93. The maximum Gasteiger partial charge on any atom is 0.157 e. The lowest BCUT2D eigenvalue weighted by molar-refractivity contribution is -0.121. The molecule has 46 valence electrons. The summed E-state index contributed by atoms with van der Waals surface area (Å²) in [5.74, 6) is -0.221. The Morgan fingerprint density at radius 2 is 2.38 bits per heavy atom. The molecule has 0 aromatic rings. The van der Waals surface area contributed by atoms with Crippen LogP contribution in [0.15, 0.2) is 0 Å². The fraction of sp³-hybridized carbons (Fsp3) is 0.600. The van der Waals surface area contributed by atoms with E-state index in [1.54, 1.807) is 6.92 Å². The first-order valence-corrected chi connectivity index (χ1v) is 2.72. The van der Waals surface area contributed by atoms with E-state index in [-0.39, 0.29) is 12.2 Å². The number of hydrogen-bond acceptors (Lipinski definition) is 2. The number of carbonyl (C=O) groups is 2. The average Bonchev–Trinajstić information content (AvgIpc) is 1.67. The molecule has 0 radical (unpaired) electrons. The molecule has 2 nitrogen and oxygen atoms in total. The van der Waals surface area contributed by atoms with Gasteiger partial charge in [0.25, 0.3) is 0 Å². The zero-order valence-corrected chi connectivity index (χ0v) is 5.31. The Morgan fingerprint density at radius 3 is 2.50 bits per heavy atom. The third-order valence-electron chi connectivity index (χ3n) is 0.728. The maximum atomic E-state index is 10.4. The summed E-state index contributed by atoms with van der Waals surface area (Å²) in [6.45, 7) is 1.55. The summed E-state index contributed by atoms with van der Waals surface area (Å²) in [5.41, 5.74) is 0. The van der Waals surface area contributed by atoms with E-state index in [9.17, 15) is 9.59 Å². The highest BCUT2D eigenvalue weighted by molar-refractivity contribution is 6.31. The SMILES string of the molecule is CC(Cl)C(=O)CC=O. The molecule has 1 unspecified atom stereocenters. The fourth-order valence-corrected chi connectivity index (χ4v) is 0.334. The van der Waals surface area contributed by atoms with Crippen LogP contribution in [0.5, 0.6) is 0 Å². The van der Waals surface area contributed by atoms with E-state index in [0.29, 0.717) is 6.29 Å². The Labute approximate surface area is 52.8 Å². The van der Waals surface area contributed by atoms with Gasteiger partial charge in [0.05, 0.1) is 11.8 Å². The first-order chi connectivity index (χ1) is 3.68. The fourth-order valence-electron chi connectivity index (χ4n) is 0.245. The van der Waals surface area contributed by atoms with Gasteiger partial charge in [0, 0.05) is 0 Å². The summed E-state index contributed by atoms with van der Waals surface area (Å²) >= 11 is 5.30. The number of ketones is 1. The molecule has 0 fully saturated rings. The Kier molecular flexibility index (Phi) is 3.44. The van der Waals surface area contributed by atoms with E-state index in [1.807, 2.05) is 0 Å². The quantitative estimate of drug-likeness (QED) is 0.325. The molecule has 0 bridgehead atoms. The highest BCUT2D eigenvalue weighted by Crippen LogP contribution is 1.96. The summed E-state index contributed by atoms with van der Waals surface area (Å²) in [7, 11) is 0. The summed E-state index contributed by atoms with van der Waals surface area (Å²) < 4.78 is 0. The van der Waals surface area contributed by atoms with Crippen LogP contribution >= 0.6 is 11.6 Å². The number of Topliss-reactive ketones (excluding diaryl/α,β-unsaturated/α-hetero) is 1. The first kappa shape index (κ1) is 7.63. The molecule has 0 aliphatic rings. The number of carbonyl (C=O) groups excluding carboxylic acids is 2. The topological polar surface area (TPSA) is 34.1 Å². The van der Waals surface area contributed by atoms with Gasteiger partial charge in [-0.3, -0.25) is 4.79 Å². The van der Waals surface area contributed by atoms with E-state index in [4.69, 9.17) is 11.6 Å². The molecule has 1 atom stereocenters. The van der Waals surface area contributed by atoms with Crippen LogP contribution in [-0.4, -0.2) is 17.4 Å². The zero-order chi connectivity index (χ0) is 6.57. The Hall–Kier alpha value is -0.370. The second kappa shape index (κ2) is 3.61. The van der Waals surface area contributed by atoms with Crippen molar-refractivity contribution >= 4 is 23.7 Å². The standard InChI is InChI=1S/C5H7ClO2/c1-4(6)5(8)2-3-7/h3-4H,2H2,1H3. The summed E-state index contributed by atoms with van der Waals surface area (Å²) in [4.78, 5) is 20.0. The van der Waals surface area contributed by atoms with Gasteiger partial charge in [-0.25, -0.2) is 0 Å². The highest BCUT2D eigenvalue weighted by atomic mass is 35.5. The third-order valence-corrected chi connectivity index (χ3v) is 0.972. The summed E-state index contributed by atoms with van der Waals surface area (Å²) in [6.07, 6.45) is 0.492. The smallest absolute Gasteiger partial charge is 0.157 e. The molecular formula is C5H7ClO2. The van der Waals surface area contributed by atoms with Crippen molar-refractivity contribution < 1.29 is 9.59 Å². The molecule has 8 heavy (non-hydrogen) atoms. The molecule has 0 heterocycles. The van der Waals surface area contributed by atoms with Crippen LogP contribution in [0, 0.1) is 0 Å². The van der Waals surface area contributed by atoms with E-state index < -0.39 is 5.38 Å². The molecule has 3 heteroatoms. The number of halogens is 1. The lowest BCUT2D eigenvalue weighted by atomic mass is 10.2. The Morgan fingerprint density at radius 1 is 1.88 bits per heavy atom. The van der Waals surface area contributed by atoms with Crippen LogP contribution in [0.1, 0.15) is 13.3 Å². The van der Waals surface area contributed by atoms with Gasteiger partial charge >= 0.3 is 0 Å². The van der Waals surface area contributed by atoms with Crippen molar-refractivity contribution in [2.45, 2.75) is 18.7 Å². The van der Waals surface area contributed by atoms with Crippen LogP contribution < -0.4 is 0 Å². The molecule has 0 spiro atoms. The van der Waals surface area contributed by atoms with Crippen LogP contribution in [0.3, 0.4) is 0 Å². The van der Waals surface area contributed by atoms with E-state index in [1.165, 1.54) is 0 Å². The second-order valence-electron chi connectivity index (χ2n) is 1.45. The molecule has 0 amide bonds. The van der Waals surface area contributed by atoms with Crippen molar-refractivity contribution in [1.82, 2.24) is 0 Å². The predicted octanol–water partition coefficient (Wildman–Crippen LogP) is 0.772. The first-order valence-electron chi connectivity index (χ1n) is 2.29. The second-order valence-corrected chi connectivity index (χ2v) is 2.11. The Bertz CT molecular complexity index is 98.6. The highest BCUT2D eigenvalue weighted by Gasteiger charge is 2.06. The minimum Gasteiger partial charge on any atom is -0.303 e. The summed E-state index contributed by atoms with van der Waals surface area (Å²) in [6, 6.07) is 0. The summed E-state index contributed by atoms with van der Waals surface area (Å²) in [5, 5.41) is -0.528. The van der Waals surface area contributed by atoms with Gasteiger partial charge in [-0.1, -0.05) is 0 Å². The minimum absolute atomic E-state index is 0.0648. The van der Waals surface area contributed by atoms with Gasteiger partial charge in [0.15, 0.2) is 5.78 Å². The van der Waals surface area contributed by atoms with Crippen LogP contribution in [0.2, 0.25) is 0 Å². The van der Waals surface area contributed by atoms with E-state index in [2.05, 4.69) is 0 Å². The normalized spacial score (nSPS) is 12.8. The van der Waals surface area contributed by atoms with Gasteiger partial charge in [0.2, 0.25) is 0 Å². The van der Waals surface area contributed by atoms with Gasteiger partial charge in [-0.15, -0.1) is 11.6 Å². The van der Waals surface area contributed by atoms with Crippen molar-refractivity contribution in [2.75, 3.05) is 0 Å². The molecule has 0 N–H and O–H groups in total. The molecule has 0 aromatic carbocycles. The van der Waals surface area contributed by atoms with Crippen molar-refractivity contribution in [3.8, 4) is 0 Å². The zero-order valence-electron chi connectivity index (χ0n) is 4.56. The van der Waals surface area contributed by atoms with E-state index in [0.717, 1.165) is 0 Å². The van der Waals surface area contributed by atoms with Gasteiger partial charge < -0.3 is 4.79 Å². The third kappa shape index (κ3) is 2.75. The minimum atomic E-state index is -0.528. The molecular weight excluding hydrogens is 128 g/mol. The lowest BCUT2D eigenvalue weighted by Crippen LogP contribution is -2.09. The molecule has 0 aliphatic heterocycles. The predicted molar refractivity (Wildman–Crippen MR) is 31.0 cm³/mol. The Balaban J connectivity index is 3.48. The van der Waals surface area contributed by atoms with Crippen molar-refractivity contribution in [2.24, 2.45) is 0 Å². The van der Waals surface area contributed by atoms with E-state index >= 15 is 0 Å². The largest absolute Gasteiger partial charge is 0.303 e.